The van der Waals surface area contributed by atoms with Crippen molar-refractivity contribution < 1.29 is 0 Å². The van der Waals surface area contributed by atoms with Crippen LogP contribution in [0.25, 0.3) is 11.0 Å². The number of fused-ring (bicyclic) bond motifs is 1. The Labute approximate surface area is 123 Å². The minimum atomic E-state index is 0.595. The van der Waals surface area contributed by atoms with Crippen LogP contribution < -0.4 is 5.73 Å². The maximum absolute atomic E-state index is 5.96. The molecule has 102 valence electrons. The topological polar surface area (TPSA) is 43.8 Å². The molecule has 0 fully saturated rings. The van der Waals surface area contributed by atoms with Crippen molar-refractivity contribution in [2.24, 2.45) is 0 Å². The van der Waals surface area contributed by atoms with Crippen LogP contribution >= 0.6 is 11.6 Å². The molecule has 3 nitrogen and oxygen atoms in total. The molecular weight excluding hydrogens is 270 g/mol. The fourth-order valence-corrected chi connectivity index (χ4v) is 2.62. The minimum Gasteiger partial charge on any atom is -0.398 e. The Morgan fingerprint density at radius 3 is 2.75 bits per heavy atom. The molecule has 3 rings (SSSR count). The molecule has 0 atom stereocenters. The lowest BCUT2D eigenvalue weighted by molar-refractivity contribution is 0.734. The van der Waals surface area contributed by atoms with Gasteiger partial charge in [0.2, 0.25) is 0 Å². The summed E-state index contributed by atoms with van der Waals surface area (Å²) in [6, 6.07) is 14.0. The van der Waals surface area contributed by atoms with E-state index in [4.69, 9.17) is 22.3 Å². The number of aryl methyl sites for hydroxylation is 1. The minimum absolute atomic E-state index is 0.595. The Hall–Kier alpha value is -2.00. The zero-order valence-corrected chi connectivity index (χ0v) is 12.1. The van der Waals surface area contributed by atoms with Crippen LogP contribution in [0.15, 0.2) is 42.5 Å². The second kappa shape index (κ2) is 5.17. The molecular formula is C16H16ClN3. The molecule has 2 N–H and O–H groups in total. The standard InChI is InChI=1S/C16H16ClN3/c1-2-20-15-6-4-3-5-14(15)19-16(20)10-11-7-8-12(17)13(18)9-11/h3-9H,2,10,18H2,1H3. The second-order valence-electron chi connectivity index (χ2n) is 4.79. The average Bonchev–Trinajstić information content (AvgIpc) is 2.80. The van der Waals surface area contributed by atoms with E-state index in [0.29, 0.717) is 10.7 Å². The Morgan fingerprint density at radius 1 is 1.20 bits per heavy atom. The van der Waals surface area contributed by atoms with Gasteiger partial charge < -0.3 is 10.3 Å². The quantitative estimate of drug-likeness (QED) is 0.742. The van der Waals surface area contributed by atoms with E-state index in [-0.39, 0.29) is 0 Å². The number of aromatic nitrogens is 2. The highest BCUT2D eigenvalue weighted by Crippen LogP contribution is 2.23. The van der Waals surface area contributed by atoms with Gasteiger partial charge in [0.1, 0.15) is 5.82 Å². The van der Waals surface area contributed by atoms with E-state index in [2.05, 4.69) is 17.6 Å². The van der Waals surface area contributed by atoms with Crippen LogP contribution in [0.1, 0.15) is 18.3 Å². The number of para-hydroxylation sites is 2. The molecule has 0 amide bonds. The first-order valence-corrected chi connectivity index (χ1v) is 7.05. The summed E-state index contributed by atoms with van der Waals surface area (Å²) in [7, 11) is 0. The smallest absolute Gasteiger partial charge is 0.114 e. The lowest BCUT2D eigenvalue weighted by Crippen LogP contribution is -2.03. The summed E-state index contributed by atoms with van der Waals surface area (Å²) < 4.78 is 2.24. The first-order chi connectivity index (χ1) is 9.69. The second-order valence-corrected chi connectivity index (χ2v) is 5.20. The van der Waals surface area contributed by atoms with E-state index < -0.39 is 0 Å². The highest BCUT2D eigenvalue weighted by molar-refractivity contribution is 6.33. The third kappa shape index (κ3) is 2.25. The van der Waals surface area contributed by atoms with E-state index in [1.54, 1.807) is 0 Å². The van der Waals surface area contributed by atoms with Gasteiger partial charge in [-0.15, -0.1) is 0 Å². The molecule has 0 bridgehead atoms. The fraction of sp³-hybridized carbons (Fsp3) is 0.188. The molecule has 3 aromatic rings. The van der Waals surface area contributed by atoms with Gasteiger partial charge in [-0.05, 0) is 36.8 Å². The van der Waals surface area contributed by atoms with Gasteiger partial charge in [-0.3, -0.25) is 0 Å². The number of hydrogen-bond acceptors (Lipinski definition) is 2. The van der Waals surface area contributed by atoms with Crippen molar-refractivity contribution in [3.63, 3.8) is 0 Å². The molecule has 0 saturated heterocycles. The summed E-state index contributed by atoms with van der Waals surface area (Å²) in [5.41, 5.74) is 9.80. The summed E-state index contributed by atoms with van der Waals surface area (Å²) in [6.45, 7) is 3.03. The third-order valence-corrected chi connectivity index (χ3v) is 3.82. The highest BCUT2D eigenvalue weighted by atomic mass is 35.5. The van der Waals surface area contributed by atoms with Crippen molar-refractivity contribution in [2.75, 3.05) is 5.73 Å². The number of imidazole rings is 1. The molecule has 0 radical (unpaired) electrons. The third-order valence-electron chi connectivity index (χ3n) is 3.47. The van der Waals surface area contributed by atoms with Gasteiger partial charge in [0.05, 0.1) is 21.7 Å². The van der Waals surface area contributed by atoms with Crippen molar-refractivity contribution >= 4 is 28.3 Å². The van der Waals surface area contributed by atoms with Crippen LogP contribution in [0.3, 0.4) is 0 Å². The van der Waals surface area contributed by atoms with Crippen molar-refractivity contribution in [1.82, 2.24) is 9.55 Å². The van der Waals surface area contributed by atoms with Crippen LogP contribution in [-0.4, -0.2) is 9.55 Å². The van der Waals surface area contributed by atoms with Crippen molar-refractivity contribution in [3.05, 3.63) is 58.9 Å². The highest BCUT2D eigenvalue weighted by Gasteiger charge is 2.10. The number of hydrogen-bond donors (Lipinski definition) is 1. The molecule has 1 heterocycles. The SMILES string of the molecule is CCn1c(Cc2ccc(Cl)c(N)c2)nc2ccccc21. The van der Waals surface area contributed by atoms with E-state index in [0.717, 1.165) is 29.9 Å². The molecule has 4 heteroatoms. The lowest BCUT2D eigenvalue weighted by atomic mass is 10.1. The first-order valence-electron chi connectivity index (χ1n) is 6.67. The van der Waals surface area contributed by atoms with Crippen LogP contribution in [0.4, 0.5) is 5.69 Å². The van der Waals surface area contributed by atoms with Crippen LogP contribution in [-0.2, 0) is 13.0 Å². The summed E-state index contributed by atoms with van der Waals surface area (Å²) in [6.07, 6.45) is 0.754. The van der Waals surface area contributed by atoms with Crippen molar-refractivity contribution in [3.8, 4) is 0 Å². The molecule has 2 aromatic carbocycles. The summed E-state index contributed by atoms with van der Waals surface area (Å²) >= 11 is 5.96. The molecule has 0 spiro atoms. The maximum Gasteiger partial charge on any atom is 0.114 e. The number of benzene rings is 2. The predicted molar refractivity (Wildman–Crippen MR) is 84.1 cm³/mol. The average molecular weight is 286 g/mol. The molecule has 0 aliphatic heterocycles. The number of halogens is 1. The number of nitrogen functional groups attached to an aromatic ring is 1. The maximum atomic E-state index is 5.96. The van der Waals surface area contributed by atoms with Crippen molar-refractivity contribution in [1.29, 1.82) is 0 Å². The summed E-state index contributed by atoms with van der Waals surface area (Å²) in [4.78, 5) is 4.72. The van der Waals surface area contributed by atoms with Gasteiger partial charge in [-0.2, -0.15) is 0 Å². The van der Waals surface area contributed by atoms with Crippen LogP contribution in [0, 0.1) is 0 Å². The van der Waals surface area contributed by atoms with E-state index in [1.807, 2.05) is 36.4 Å². The largest absolute Gasteiger partial charge is 0.398 e. The number of rotatable bonds is 3. The van der Waals surface area contributed by atoms with Gasteiger partial charge in [0.25, 0.3) is 0 Å². The number of nitrogens with zero attached hydrogens (tertiary/aromatic N) is 2. The van der Waals surface area contributed by atoms with Gasteiger partial charge in [0.15, 0.2) is 0 Å². The number of anilines is 1. The zero-order valence-electron chi connectivity index (χ0n) is 11.3. The molecule has 0 unspecified atom stereocenters. The molecule has 0 aliphatic rings. The fourth-order valence-electron chi connectivity index (χ4n) is 2.50. The van der Waals surface area contributed by atoms with Gasteiger partial charge in [-0.25, -0.2) is 4.98 Å². The normalized spacial score (nSPS) is 11.1. The summed E-state index contributed by atoms with van der Waals surface area (Å²) in [5, 5.41) is 0.595. The lowest BCUT2D eigenvalue weighted by Gasteiger charge is -2.07. The van der Waals surface area contributed by atoms with Crippen LogP contribution in [0.2, 0.25) is 5.02 Å². The molecule has 0 aliphatic carbocycles. The zero-order chi connectivity index (χ0) is 14.1. The molecule has 1 aromatic heterocycles. The molecule has 20 heavy (non-hydrogen) atoms. The molecule has 0 saturated carbocycles. The Bertz CT molecular complexity index is 762. The van der Waals surface area contributed by atoms with Crippen LogP contribution in [0.5, 0.6) is 0 Å². The van der Waals surface area contributed by atoms with Crippen molar-refractivity contribution in [2.45, 2.75) is 19.9 Å². The monoisotopic (exact) mass is 285 g/mol. The Balaban J connectivity index is 2.03. The number of nitrogens with two attached hydrogens (primary N) is 1. The van der Waals surface area contributed by atoms with Gasteiger partial charge >= 0.3 is 0 Å². The predicted octanol–water partition coefficient (Wildman–Crippen LogP) is 3.88. The van der Waals surface area contributed by atoms with E-state index >= 15 is 0 Å². The Kier molecular flexibility index (Phi) is 3.36. The Morgan fingerprint density at radius 2 is 2.00 bits per heavy atom. The van der Waals surface area contributed by atoms with Gasteiger partial charge in [0, 0.05) is 13.0 Å². The van der Waals surface area contributed by atoms with E-state index in [9.17, 15) is 0 Å². The van der Waals surface area contributed by atoms with Gasteiger partial charge in [-0.1, -0.05) is 29.8 Å². The summed E-state index contributed by atoms with van der Waals surface area (Å²) in [5.74, 6) is 1.05. The van der Waals surface area contributed by atoms with E-state index in [1.165, 1.54) is 5.52 Å². The first kappa shape index (κ1) is 13.0.